The standard InChI is InChI=1S/C18H29N3O3/c1-5-23-15-11-14(18(15)9-7-6-8-10-18)21(4)17(22)20-16-19-12(2)13(3)24-16/h14-15H,5-11H2,1-4H3,(H,19,20,22)/t14-,15-/m1/s1. The number of aryl methyl sites for hydroxylation is 2. The molecule has 0 bridgehead atoms. The van der Waals surface area contributed by atoms with E-state index in [1.165, 1.54) is 19.3 Å². The molecule has 0 radical (unpaired) electrons. The second kappa shape index (κ2) is 6.75. The molecule has 2 fully saturated rings. The van der Waals surface area contributed by atoms with Gasteiger partial charge >= 0.3 is 12.0 Å². The summed E-state index contributed by atoms with van der Waals surface area (Å²) in [7, 11) is 1.88. The van der Waals surface area contributed by atoms with Crippen molar-refractivity contribution in [2.24, 2.45) is 5.41 Å². The van der Waals surface area contributed by atoms with Gasteiger partial charge < -0.3 is 14.1 Å². The first kappa shape index (κ1) is 17.3. The molecule has 2 aliphatic rings. The van der Waals surface area contributed by atoms with E-state index in [0.717, 1.165) is 37.3 Å². The summed E-state index contributed by atoms with van der Waals surface area (Å²) >= 11 is 0. The van der Waals surface area contributed by atoms with E-state index in [2.05, 4.69) is 10.3 Å². The van der Waals surface area contributed by atoms with Crippen LogP contribution in [0.1, 0.15) is 56.9 Å². The number of rotatable bonds is 4. The van der Waals surface area contributed by atoms with Gasteiger partial charge in [0.15, 0.2) is 0 Å². The van der Waals surface area contributed by atoms with E-state index >= 15 is 0 Å². The molecule has 0 aliphatic heterocycles. The Bertz CT molecular complexity index is 573. The van der Waals surface area contributed by atoms with Gasteiger partial charge in [0.1, 0.15) is 5.76 Å². The molecule has 1 aromatic heterocycles. The second-order valence-corrected chi connectivity index (χ2v) is 7.19. The van der Waals surface area contributed by atoms with Crippen molar-refractivity contribution in [3.63, 3.8) is 0 Å². The van der Waals surface area contributed by atoms with Crippen LogP contribution >= 0.6 is 0 Å². The van der Waals surface area contributed by atoms with Crippen molar-refractivity contribution in [1.29, 1.82) is 0 Å². The second-order valence-electron chi connectivity index (χ2n) is 7.19. The molecule has 0 aromatic carbocycles. The van der Waals surface area contributed by atoms with Gasteiger partial charge in [-0.25, -0.2) is 4.79 Å². The van der Waals surface area contributed by atoms with Gasteiger partial charge in [-0.2, -0.15) is 4.98 Å². The van der Waals surface area contributed by atoms with Crippen molar-refractivity contribution in [1.82, 2.24) is 9.88 Å². The zero-order chi connectivity index (χ0) is 17.3. The summed E-state index contributed by atoms with van der Waals surface area (Å²) in [6, 6.07) is 0.355. The van der Waals surface area contributed by atoms with Crippen LogP contribution in [-0.2, 0) is 4.74 Å². The van der Waals surface area contributed by atoms with Crippen LogP contribution in [0.5, 0.6) is 0 Å². The van der Waals surface area contributed by atoms with Crippen molar-refractivity contribution in [3.8, 4) is 0 Å². The largest absolute Gasteiger partial charge is 0.428 e. The fraction of sp³-hybridized carbons (Fsp3) is 0.778. The monoisotopic (exact) mass is 335 g/mol. The summed E-state index contributed by atoms with van der Waals surface area (Å²) in [5, 5.41) is 2.79. The maximum Gasteiger partial charge on any atom is 0.325 e. The predicted molar refractivity (Wildman–Crippen MR) is 92.1 cm³/mol. The van der Waals surface area contributed by atoms with Crippen molar-refractivity contribution in [3.05, 3.63) is 11.5 Å². The van der Waals surface area contributed by atoms with Gasteiger partial charge in [-0.1, -0.05) is 19.3 Å². The number of anilines is 1. The smallest absolute Gasteiger partial charge is 0.325 e. The van der Waals surface area contributed by atoms with Gasteiger partial charge in [-0.05, 0) is 40.0 Å². The lowest BCUT2D eigenvalue weighted by atomic mass is 9.54. The minimum absolute atomic E-state index is 0.128. The number of carbonyl (C=O) groups is 1. The Hall–Kier alpha value is -1.56. The summed E-state index contributed by atoms with van der Waals surface area (Å²) < 4.78 is 11.4. The van der Waals surface area contributed by atoms with E-state index in [1.54, 1.807) is 0 Å². The van der Waals surface area contributed by atoms with E-state index in [-0.39, 0.29) is 29.6 Å². The van der Waals surface area contributed by atoms with E-state index in [0.29, 0.717) is 0 Å². The van der Waals surface area contributed by atoms with Crippen LogP contribution in [0, 0.1) is 19.3 Å². The summed E-state index contributed by atoms with van der Waals surface area (Å²) in [4.78, 5) is 18.7. The Kier molecular flexibility index (Phi) is 4.85. The first-order chi connectivity index (χ1) is 11.5. The van der Waals surface area contributed by atoms with Crippen LogP contribution < -0.4 is 5.32 Å². The lowest BCUT2D eigenvalue weighted by molar-refractivity contribution is -0.169. The molecule has 3 rings (SSSR count). The Labute approximate surface area is 143 Å². The van der Waals surface area contributed by atoms with Crippen LogP contribution in [0.3, 0.4) is 0 Å². The molecule has 0 unspecified atom stereocenters. The molecule has 2 atom stereocenters. The van der Waals surface area contributed by atoms with Gasteiger partial charge in [-0.3, -0.25) is 5.32 Å². The lowest BCUT2D eigenvalue weighted by Gasteiger charge is -2.59. The Morgan fingerprint density at radius 3 is 2.67 bits per heavy atom. The number of oxazole rings is 1. The maximum absolute atomic E-state index is 12.6. The molecule has 1 aromatic rings. The average Bonchev–Trinajstić information content (AvgIpc) is 2.89. The maximum atomic E-state index is 12.6. The highest BCUT2D eigenvalue weighted by molar-refractivity contribution is 5.87. The number of amides is 2. The van der Waals surface area contributed by atoms with Crippen molar-refractivity contribution in [2.45, 2.75) is 71.4 Å². The number of hydrogen-bond donors (Lipinski definition) is 1. The SMILES string of the molecule is CCO[C@@H]1C[C@@H](N(C)C(=O)Nc2nc(C)c(C)o2)C12CCCCC2. The third kappa shape index (κ3) is 2.92. The first-order valence-corrected chi connectivity index (χ1v) is 9.07. The molecule has 6 heteroatoms. The Balaban J connectivity index is 1.69. The molecule has 1 N–H and O–H groups in total. The normalized spacial score (nSPS) is 25.3. The molecule has 24 heavy (non-hydrogen) atoms. The van der Waals surface area contributed by atoms with E-state index in [1.807, 2.05) is 32.7 Å². The molecule has 6 nitrogen and oxygen atoms in total. The highest BCUT2D eigenvalue weighted by atomic mass is 16.5. The number of urea groups is 1. The van der Waals surface area contributed by atoms with Gasteiger partial charge in [0.2, 0.25) is 0 Å². The minimum atomic E-state index is -0.152. The van der Waals surface area contributed by atoms with Crippen LogP contribution in [0.15, 0.2) is 4.42 Å². The number of hydrogen-bond acceptors (Lipinski definition) is 4. The van der Waals surface area contributed by atoms with E-state index in [9.17, 15) is 4.79 Å². The number of nitrogens with one attached hydrogen (secondary N) is 1. The fourth-order valence-corrected chi connectivity index (χ4v) is 4.42. The number of carbonyl (C=O) groups excluding carboxylic acids is 1. The van der Waals surface area contributed by atoms with Crippen LogP contribution in [0.4, 0.5) is 10.8 Å². The van der Waals surface area contributed by atoms with Crippen LogP contribution in [-0.4, -0.2) is 41.7 Å². The summed E-state index contributed by atoms with van der Waals surface area (Å²) in [6.45, 7) is 6.50. The molecule has 2 amide bonds. The predicted octanol–water partition coefficient (Wildman–Crippen LogP) is 3.88. The van der Waals surface area contributed by atoms with Crippen LogP contribution in [0.2, 0.25) is 0 Å². The Morgan fingerprint density at radius 1 is 1.38 bits per heavy atom. The zero-order valence-corrected chi connectivity index (χ0v) is 15.2. The van der Waals surface area contributed by atoms with E-state index < -0.39 is 0 Å². The third-order valence-electron chi connectivity index (χ3n) is 5.92. The number of aromatic nitrogens is 1. The minimum Gasteiger partial charge on any atom is -0.428 e. The third-order valence-corrected chi connectivity index (χ3v) is 5.92. The molecule has 1 spiro atoms. The van der Waals surface area contributed by atoms with Crippen molar-refractivity contribution >= 4 is 12.0 Å². The van der Waals surface area contributed by atoms with Gasteiger partial charge in [0, 0.05) is 25.1 Å². The highest BCUT2D eigenvalue weighted by Crippen LogP contribution is 2.55. The van der Waals surface area contributed by atoms with Gasteiger partial charge in [-0.15, -0.1) is 0 Å². The molecule has 0 saturated heterocycles. The quantitative estimate of drug-likeness (QED) is 0.906. The first-order valence-electron chi connectivity index (χ1n) is 9.07. The molecule has 2 aliphatic carbocycles. The zero-order valence-electron chi connectivity index (χ0n) is 15.2. The Morgan fingerprint density at radius 2 is 2.08 bits per heavy atom. The molecular formula is C18H29N3O3. The fourth-order valence-electron chi connectivity index (χ4n) is 4.42. The summed E-state index contributed by atoms with van der Waals surface area (Å²) in [6.07, 6.45) is 7.25. The average molecular weight is 335 g/mol. The molecular weight excluding hydrogens is 306 g/mol. The van der Waals surface area contributed by atoms with E-state index in [4.69, 9.17) is 9.15 Å². The number of ether oxygens (including phenoxy) is 1. The summed E-state index contributed by atoms with van der Waals surface area (Å²) in [5.41, 5.74) is 0.930. The summed E-state index contributed by atoms with van der Waals surface area (Å²) in [5.74, 6) is 0.733. The number of nitrogens with zero attached hydrogens (tertiary/aromatic N) is 2. The van der Waals surface area contributed by atoms with Crippen molar-refractivity contribution < 1.29 is 13.9 Å². The van der Waals surface area contributed by atoms with Gasteiger partial charge in [0.25, 0.3) is 0 Å². The highest BCUT2D eigenvalue weighted by Gasteiger charge is 2.57. The van der Waals surface area contributed by atoms with Crippen LogP contribution in [0.25, 0.3) is 0 Å². The lowest BCUT2D eigenvalue weighted by Crippen LogP contribution is -2.66. The molecule has 2 saturated carbocycles. The molecule has 134 valence electrons. The topological polar surface area (TPSA) is 67.6 Å². The molecule has 1 heterocycles. The van der Waals surface area contributed by atoms with Crippen molar-refractivity contribution in [2.75, 3.05) is 19.0 Å². The van der Waals surface area contributed by atoms with Gasteiger partial charge in [0.05, 0.1) is 11.8 Å².